The number of carbonyl (C=O) groups is 2. The summed E-state index contributed by atoms with van der Waals surface area (Å²) in [6.45, 7) is 3.61. The molecule has 2 fully saturated rings. The zero-order valence-electron chi connectivity index (χ0n) is 15.6. The standard InChI is InChI=1S/C21H21N5O2/c1-13(27)26-11-16-10-25(12-17(16)19(26)14-5-3-2-4-6-14)21(28)18-8-7-15-9-22-24-20(15)23-18/h2-9,16-17,19H,10-12H2,1H3,(H,22,23,24)/t16-,17-,19-/m1/s1. The van der Waals surface area contributed by atoms with Crippen LogP contribution in [-0.2, 0) is 4.79 Å². The van der Waals surface area contributed by atoms with Crippen LogP contribution in [-0.4, -0.2) is 56.4 Å². The number of fused-ring (bicyclic) bond motifs is 2. The number of pyridine rings is 1. The lowest BCUT2D eigenvalue weighted by Gasteiger charge is -2.29. The highest BCUT2D eigenvalue weighted by atomic mass is 16.2. The predicted molar refractivity (Wildman–Crippen MR) is 103 cm³/mol. The molecule has 2 amide bonds. The molecule has 7 heteroatoms. The Balaban J connectivity index is 1.41. The van der Waals surface area contributed by atoms with Crippen LogP contribution in [0.4, 0.5) is 0 Å². The largest absolute Gasteiger partial charge is 0.337 e. The van der Waals surface area contributed by atoms with Gasteiger partial charge in [-0.1, -0.05) is 30.3 Å². The highest BCUT2D eigenvalue weighted by molar-refractivity contribution is 5.94. The number of rotatable bonds is 2. The Morgan fingerprint density at radius 2 is 1.89 bits per heavy atom. The van der Waals surface area contributed by atoms with Crippen LogP contribution in [0.25, 0.3) is 11.0 Å². The Labute approximate surface area is 162 Å². The molecule has 2 aliphatic heterocycles. The summed E-state index contributed by atoms with van der Waals surface area (Å²) in [6, 6.07) is 13.8. The van der Waals surface area contributed by atoms with Gasteiger partial charge in [0, 0.05) is 43.8 Å². The summed E-state index contributed by atoms with van der Waals surface area (Å²) in [5.74, 6) is 0.555. The number of hydrogen-bond acceptors (Lipinski definition) is 4. The maximum atomic E-state index is 13.1. The molecule has 0 radical (unpaired) electrons. The van der Waals surface area contributed by atoms with E-state index >= 15 is 0 Å². The van der Waals surface area contributed by atoms with E-state index in [1.165, 1.54) is 0 Å². The van der Waals surface area contributed by atoms with E-state index in [9.17, 15) is 9.59 Å². The van der Waals surface area contributed by atoms with Gasteiger partial charge in [-0.15, -0.1) is 0 Å². The second-order valence-electron chi connectivity index (χ2n) is 7.67. The summed E-state index contributed by atoms with van der Waals surface area (Å²) < 4.78 is 0. The van der Waals surface area contributed by atoms with E-state index in [-0.39, 0.29) is 29.7 Å². The van der Waals surface area contributed by atoms with Crippen molar-refractivity contribution in [1.82, 2.24) is 25.0 Å². The van der Waals surface area contributed by atoms with E-state index in [0.717, 1.165) is 10.9 Å². The molecule has 7 nitrogen and oxygen atoms in total. The minimum atomic E-state index is -0.0629. The summed E-state index contributed by atoms with van der Waals surface area (Å²) in [5, 5.41) is 7.67. The van der Waals surface area contributed by atoms with Gasteiger partial charge in [-0.2, -0.15) is 5.10 Å². The number of aromatic amines is 1. The highest BCUT2D eigenvalue weighted by Crippen LogP contribution is 2.45. The number of likely N-dealkylation sites (tertiary alicyclic amines) is 2. The molecule has 0 unspecified atom stereocenters. The molecule has 0 spiro atoms. The first-order chi connectivity index (χ1) is 13.6. The van der Waals surface area contributed by atoms with Crippen LogP contribution in [0.3, 0.4) is 0 Å². The quantitative estimate of drug-likeness (QED) is 0.745. The van der Waals surface area contributed by atoms with Gasteiger partial charge in [0.1, 0.15) is 5.69 Å². The van der Waals surface area contributed by atoms with Crippen LogP contribution in [0.2, 0.25) is 0 Å². The van der Waals surface area contributed by atoms with Gasteiger partial charge in [0.25, 0.3) is 5.91 Å². The Hall–Kier alpha value is -3.22. The number of amides is 2. The molecule has 142 valence electrons. The summed E-state index contributed by atoms with van der Waals surface area (Å²) in [7, 11) is 0. The molecule has 2 saturated heterocycles. The maximum absolute atomic E-state index is 13.1. The van der Waals surface area contributed by atoms with E-state index < -0.39 is 0 Å². The van der Waals surface area contributed by atoms with Crippen LogP contribution in [0.15, 0.2) is 48.7 Å². The lowest BCUT2D eigenvalue weighted by molar-refractivity contribution is -0.130. The molecule has 5 rings (SSSR count). The van der Waals surface area contributed by atoms with Crippen molar-refractivity contribution in [2.75, 3.05) is 19.6 Å². The van der Waals surface area contributed by atoms with Gasteiger partial charge in [0.05, 0.1) is 12.2 Å². The Kier molecular flexibility index (Phi) is 3.89. The molecule has 1 N–H and O–H groups in total. The van der Waals surface area contributed by atoms with Gasteiger partial charge in [0.2, 0.25) is 5.91 Å². The van der Waals surface area contributed by atoms with Gasteiger partial charge in [0.15, 0.2) is 5.65 Å². The third kappa shape index (κ3) is 2.66. The Morgan fingerprint density at radius 3 is 2.68 bits per heavy atom. The van der Waals surface area contributed by atoms with Crippen LogP contribution >= 0.6 is 0 Å². The van der Waals surface area contributed by atoms with Crippen LogP contribution < -0.4 is 0 Å². The normalized spacial score (nSPS) is 24.0. The Bertz CT molecular complexity index is 1050. The van der Waals surface area contributed by atoms with E-state index in [1.807, 2.05) is 34.1 Å². The summed E-state index contributed by atoms with van der Waals surface area (Å²) >= 11 is 0. The number of H-pyrrole nitrogens is 1. The third-order valence-corrected chi connectivity index (χ3v) is 6.02. The third-order valence-electron chi connectivity index (χ3n) is 6.02. The van der Waals surface area contributed by atoms with Gasteiger partial charge >= 0.3 is 0 Å². The van der Waals surface area contributed by atoms with E-state index in [2.05, 4.69) is 27.3 Å². The average Bonchev–Trinajstić information content (AvgIpc) is 3.41. The molecule has 2 aromatic heterocycles. The van der Waals surface area contributed by atoms with Crippen molar-refractivity contribution in [3.63, 3.8) is 0 Å². The summed E-state index contributed by atoms with van der Waals surface area (Å²) in [5.41, 5.74) is 2.18. The van der Waals surface area contributed by atoms with Crippen LogP contribution in [0, 0.1) is 11.8 Å². The van der Waals surface area contributed by atoms with Crippen LogP contribution in [0.5, 0.6) is 0 Å². The van der Waals surface area contributed by atoms with Crippen molar-refractivity contribution in [2.24, 2.45) is 11.8 Å². The zero-order valence-corrected chi connectivity index (χ0v) is 15.6. The molecular formula is C21H21N5O2. The fraction of sp³-hybridized carbons (Fsp3) is 0.333. The molecule has 0 aliphatic carbocycles. The van der Waals surface area contributed by atoms with Gasteiger partial charge < -0.3 is 9.80 Å². The lowest BCUT2D eigenvalue weighted by Crippen LogP contribution is -2.36. The maximum Gasteiger partial charge on any atom is 0.272 e. The first-order valence-corrected chi connectivity index (χ1v) is 9.53. The predicted octanol–water partition coefficient (Wildman–Crippen LogP) is 2.25. The van der Waals surface area contributed by atoms with Crippen molar-refractivity contribution in [3.8, 4) is 0 Å². The molecule has 0 bridgehead atoms. The number of aromatic nitrogens is 3. The minimum Gasteiger partial charge on any atom is -0.337 e. The van der Waals surface area contributed by atoms with Crippen molar-refractivity contribution in [1.29, 1.82) is 0 Å². The molecule has 3 aromatic rings. The molecule has 2 aliphatic rings. The molecule has 0 saturated carbocycles. The second-order valence-corrected chi connectivity index (χ2v) is 7.67. The SMILES string of the molecule is CC(=O)N1C[C@H]2CN(C(=O)c3ccc4cn[nH]c4n3)C[C@H]2[C@H]1c1ccccc1. The molecule has 3 atom stereocenters. The van der Waals surface area contributed by atoms with Crippen LogP contribution in [0.1, 0.15) is 29.0 Å². The summed E-state index contributed by atoms with van der Waals surface area (Å²) in [6.07, 6.45) is 1.69. The molecule has 28 heavy (non-hydrogen) atoms. The molecular weight excluding hydrogens is 354 g/mol. The van der Waals surface area contributed by atoms with E-state index in [1.54, 1.807) is 19.2 Å². The fourth-order valence-corrected chi connectivity index (χ4v) is 4.72. The first-order valence-electron chi connectivity index (χ1n) is 9.53. The average molecular weight is 375 g/mol. The Morgan fingerprint density at radius 1 is 1.07 bits per heavy atom. The molecule has 4 heterocycles. The van der Waals surface area contributed by atoms with Crippen molar-refractivity contribution in [3.05, 3.63) is 59.9 Å². The number of carbonyl (C=O) groups excluding carboxylic acids is 2. The number of hydrogen-bond donors (Lipinski definition) is 1. The van der Waals surface area contributed by atoms with Crippen molar-refractivity contribution >= 4 is 22.8 Å². The first kappa shape index (κ1) is 16.9. The van der Waals surface area contributed by atoms with Crippen molar-refractivity contribution in [2.45, 2.75) is 13.0 Å². The summed E-state index contributed by atoms with van der Waals surface area (Å²) in [4.78, 5) is 33.5. The monoisotopic (exact) mass is 375 g/mol. The number of benzene rings is 1. The van der Waals surface area contributed by atoms with Gasteiger partial charge in [-0.3, -0.25) is 14.7 Å². The smallest absolute Gasteiger partial charge is 0.272 e. The van der Waals surface area contributed by atoms with E-state index in [4.69, 9.17) is 0 Å². The highest BCUT2D eigenvalue weighted by Gasteiger charge is 2.49. The minimum absolute atomic E-state index is 0.0181. The topological polar surface area (TPSA) is 82.2 Å². The number of nitrogens with zero attached hydrogens (tertiary/aromatic N) is 4. The van der Waals surface area contributed by atoms with Crippen molar-refractivity contribution < 1.29 is 9.59 Å². The number of nitrogens with one attached hydrogen (secondary N) is 1. The lowest BCUT2D eigenvalue weighted by atomic mass is 9.89. The fourth-order valence-electron chi connectivity index (χ4n) is 4.72. The van der Waals surface area contributed by atoms with E-state index in [0.29, 0.717) is 31.0 Å². The molecule has 1 aromatic carbocycles. The second kappa shape index (κ2) is 6.44. The van der Waals surface area contributed by atoms with Gasteiger partial charge in [-0.05, 0) is 17.7 Å². The zero-order chi connectivity index (χ0) is 19.3. The van der Waals surface area contributed by atoms with Gasteiger partial charge in [-0.25, -0.2) is 4.98 Å².